The maximum Gasteiger partial charge on any atom is 0.329 e. The molecule has 0 unspecified atom stereocenters. The van der Waals surface area contributed by atoms with Crippen LogP contribution in [-0.4, -0.2) is 27.6 Å². The van der Waals surface area contributed by atoms with E-state index in [1.807, 2.05) is 0 Å². The molecule has 1 aromatic carbocycles. The van der Waals surface area contributed by atoms with Crippen LogP contribution in [0.1, 0.15) is 35.2 Å². The normalized spacial score (nSPS) is 16.7. The fourth-order valence-electron chi connectivity index (χ4n) is 2.04. The van der Waals surface area contributed by atoms with Crippen LogP contribution < -0.4 is 5.32 Å². The predicted molar refractivity (Wildman–Crippen MR) is 64.5 cm³/mol. The van der Waals surface area contributed by atoms with Gasteiger partial charge in [0, 0.05) is 0 Å². The van der Waals surface area contributed by atoms with E-state index >= 15 is 0 Å². The summed E-state index contributed by atoms with van der Waals surface area (Å²) in [5.41, 5.74) is -0.220. The number of carbonyl (C=O) groups excluding carboxylic acids is 1. The third kappa shape index (κ3) is 2.03. The summed E-state index contributed by atoms with van der Waals surface area (Å²) >= 11 is 0. The van der Waals surface area contributed by atoms with Crippen LogP contribution in [0.5, 0.6) is 5.75 Å². The number of phenols is 1. The average molecular weight is 249 g/mol. The quantitative estimate of drug-likeness (QED) is 0.756. The SMILES string of the molecule is Cc1ccc(C(=O)NC2(C(=O)O)CCC2)c(O)c1. The van der Waals surface area contributed by atoms with Gasteiger partial charge in [0.25, 0.3) is 5.91 Å². The lowest BCUT2D eigenvalue weighted by atomic mass is 9.76. The van der Waals surface area contributed by atoms with Gasteiger partial charge in [-0.25, -0.2) is 4.79 Å². The minimum absolute atomic E-state index is 0.105. The van der Waals surface area contributed by atoms with Gasteiger partial charge in [0.15, 0.2) is 0 Å². The van der Waals surface area contributed by atoms with Crippen molar-refractivity contribution < 1.29 is 19.8 Å². The number of hydrogen-bond donors (Lipinski definition) is 3. The van der Waals surface area contributed by atoms with Crippen LogP contribution in [0.15, 0.2) is 18.2 Å². The van der Waals surface area contributed by atoms with Gasteiger partial charge in [0.05, 0.1) is 5.56 Å². The van der Waals surface area contributed by atoms with Crippen molar-refractivity contribution in [3.05, 3.63) is 29.3 Å². The van der Waals surface area contributed by atoms with Gasteiger partial charge in [-0.15, -0.1) is 0 Å². The van der Waals surface area contributed by atoms with E-state index in [1.165, 1.54) is 12.1 Å². The van der Waals surface area contributed by atoms with Crippen molar-refractivity contribution in [2.24, 2.45) is 0 Å². The van der Waals surface area contributed by atoms with Crippen molar-refractivity contribution in [1.82, 2.24) is 5.32 Å². The molecular formula is C13H15NO4. The smallest absolute Gasteiger partial charge is 0.329 e. The highest BCUT2D eigenvalue weighted by molar-refractivity contribution is 6.00. The van der Waals surface area contributed by atoms with E-state index in [2.05, 4.69) is 5.32 Å². The number of benzene rings is 1. The number of aryl methyl sites for hydroxylation is 1. The lowest BCUT2D eigenvalue weighted by Crippen LogP contribution is -2.59. The summed E-state index contributed by atoms with van der Waals surface area (Å²) in [6.45, 7) is 1.80. The molecule has 1 fully saturated rings. The molecule has 0 heterocycles. The first-order chi connectivity index (χ1) is 8.44. The highest BCUT2D eigenvalue weighted by atomic mass is 16.4. The standard InChI is InChI=1S/C13H15NO4/c1-8-3-4-9(10(15)7-8)11(16)14-13(12(17)18)5-2-6-13/h3-4,7,15H,2,5-6H2,1H3,(H,14,16)(H,17,18). The van der Waals surface area contributed by atoms with Gasteiger partial charge < -0.3 is 15.5 Å². The van der Waals surface area contributed by atoms with Crippen LogP contribution in [-0.2, 0) is 4.79 Å². The number of carboxylic acid groups (broad SMARTS) is 1. The summed E-state index contributed by atoms with van der Waals surface area (Å²) in [6.07, 6.45) is 1.65. The maximum atomic E-state index is 12.0. The molecule has 0 bridgehead atoms. The summed E-state index contributed by atoms with van der Waals surface area (Å²) in [6, 6.07) is 4.67. The number of carboxylic acids is 1. The molecule has 1 aromatic rings. The third-order valence-electron chi connectivity index (χ3n) is 3.37. The van der Waals surface area contributed by atoms with Crippen LogP contribution in [0, 0.1) is 6.92 Å². The molecule has 1 saturated carbocycles. The second-order valence-electron chi connectivity index (χ2n) is 4.72. The number of amides is 1. The summed E-state index contributed by atoms with van der Waals surface area (Å²) in [7, 11) is 0. The van der Waals surface area contributed by atoms with Crippen molar-refractivity contribution in [3.63, 3.8) is 0 Å². The molecule has 1 aliphatic carbocycles. The topological polar surface area (TPSA) is 86.6 Å². The Morgan fingerprint density at radius 1 is 1.33 bits per heavy atom. The molecule has 5 heteroatoms. The number of rotatable bonds is 3. The molecule has 1 amide bonds. The molecule has 0 aromatic heterocycles. The van der Waals surface area contributed by atoms with Crippen LogP contribution in [0.2, 0.25) is 0 Å². The minimum Gasteiger partial charge on any atom is -0.507 e. The highest BCUT2D eigenvalue weighted by Crippen LogP contribution is 2.32. The molecular weight excluding hydrogens is 234 g/mol. The Labute approximate surface area is 104 Å². The molecule has 96 valence electrons. The summed E-state index contributed by atoms with van der Waals surface area (Å²) < 4.78 is 0. The summed E-state index contributed by atoms with van der Waals surface area (Å²) in [4.78, 5) is 23.1. The maximum absolute atomic E-state index is 12.0. The largest absolute Gasteiger partial charge is 0.507 e. The molecule has 0 atom stereocenters. The Balaban J connectivity index is 2.19. The molecule has 0 radical (unpaired) electrons. The second-order valence-corrected chi connectivity index (χ2v) is 4.72. The Morgan fingerprint density at radius 3 is 2.44 bits per heavy atom. The van der Waals surface area contributed by atoms with Crippen molar-refractivity contribution in [2.75, 3.05) is 0 Å². The van der Waals surface area contributed by atoms with E-state index in [4.69, 9.17) is 5.11 Å². The van der Waals surface area contributed by atoms with Gasteiger partial charge in [-0.05, 0) is 43.9 Å². The highest BCUT2D eigenvalue weighted by Gasteiger charge is 2.45. The van der Waals surface area contributed by atoms with Crippen molar-refractivity contribution in [1.29, 1.82) is 0 Å². The number of hydrogen-bond acceptors (Lipinski definition) is 3. The fraction of sp³-hybridized carbons (Fsp3) is 0.385. The lowest BCUT2D eigenvalue weighted by molar-refractivity contribution is -0.148. The van der Waals surface area contributed by atoms with Crippen LogP contribution >= 0.6 is 0 Å². The molecule has 2 rings (SSSR count). The number of aliphatic carboxylic acids is 1. The predicted octanol–water partition coefficient (Wildman–Crippen LogP) is 1.44. The van der Waals surface area contributed by atoms with E-state index in [0.717, 1.165) is 12.0 Å². The Bertz CT molecular complexity index is 506. The zero-order valence-electron chi connectivity index (χ0n) is 10.1. The number of phenolic OH excluding ortho intramolecular Hbond substituents is 1. The molecule has 18 heavy (non-hydrogen) atoms. The Kier molecular flexibility index (Phi) is 2.98. The Hall–Kier alpha value is -2.04. The molecule has 3 N–H and O–H groups in total. The first-order valence-electron chi connectivity index (χ1n) is 5.80. The lowest BCUT2D eigenvalue weighted by Gasteiger charge is -2.38. The minimum atomic E-state index is -1.16. The van der Waals surface area contributed by atoms with Crippen LogP contribution in [0.3, 0.4) is 0 Å². The van der Waals surface area contributed by atoms with Gasteiger partial charge in [0.2, 0.25) is 0 Å². The number of aromatic hydroxyl groups is 1. The van der Waals surface area contributed by atoms with E-state index in [-0.39, 0.29) is 11.3 Å². The van der Waals surface area contributed by atoms with E-state index in [0.29, 0.717) is 12.8 Å². The van der Waals surface area contributed by atoms with Crippen molar-refractivity contribution >= 4 is 11.9 Å². The third-order valence-corrected chi connectivity index (χ3v) is 3.37. The van der Waals surface area contributed by atoms with E-state index < -0.39 is 17.4 Å². The average Bonchev–Trinajstić information content (AvgIpc) is 2.22. The van der Waals surface area contributed by atoms with Gasteiger partial charge >= 0.3 is 5.97 Å². The number of nitrogens with one attached hydrogen (secondary N) is 1. The fourth-order valence-corrected chi connectivity index (χ4v) is 2.04. The molecule has 0 spiro atoms. The zero-order valence-corrected chi connectivity index (χ0v) is 10.1. The van der Waals surface area contributed by atoms with E-state index in [9.17, 15) is 14.7 Å². The van der Waals surface area contributed by atoms with Gasteiger partial charge in [-0.1, -0.05) is 6.07 Å². The molecule has 0 aliphatic heterocycles. The van der Waals surface area contributed by atoms with Crippen molar-refractivity contribution in [2.45, 2.75) is 31.7 Å². The monoisotopic (exact) mass is 249 g/mol. The van der Waals surface area contributed by atoms with Gasteiger partial charge in [-0.2, -0.15) is 0 Å². The molecule has 1 aliphatic rings. The Morgan fingerprint density at radius 2 is 2.00 bits per heavy atom. The second kappa shape index (κ2) is 4.33. The van der Waals surface area contributed by atoms with Crippen LogP contribution in [0.4, 0.5) is 0 Å². The van der Waals surface area contributed by atoms with Crippen molar-refractivity contribution in [3.8, 4) is 5.75 Å². The number of carbonyl (C=O) groups is 2. The van der Waals surface area contributed by atoms with Crippen LogP contribution in [0.25, 0.3) is 0 Å². The first kappa shape index (κ1) is 12.4. The first-order valence-corrected chi connectivity index (χ1v) is 5.80. The zero-order chi connectivity index (χ0) is 13.3. The molecule has 0 saturated heterocycles. The van der Waals surface area contributed by atoms with Gasteiger partial charge in [-0.3, -0.25) is 4.79 Å². The summed E-state index contributed by atoms with van der Waals surface area (Å²) in [5, 5.41) is 21.3. The van der Waals surface area contributed by atoms with Gasteiger partial charge in [0.1, 0.15) is 11.3 Å². The van der Waals surface area contributed by atoms with E-state index in [1.54, 1.807) is 13.0 Å². The summed E-state index contributed by atoms with van der Waals surface area (Å²) in [5.74, 6) is -1.70. The molecule has 5 nitrogen and oxygen atoms in total.